The highest BCUT2D eigenvalue weighted by Gasteiger charge is 2.31. The molecule has 1 aromatic carbocycles. The van der Waals surface area contributed by atoms with Gasteiger partial charge >= 0.3 is 5.97 Å². The summed E-state index contributed by atoms with van der Waals surface area (Å²) in [5.74, 6) is -0.351. The minimum atomic E-state index is -0.351. The largest absolute Gasteiger partial charge is 0.466 e. The van der Waals surface area contributed by atoms with E-state index in [1.165, 1.54) is 7.11 Å². The van der Waals surface area contributed by atoms with E-state index in [4.69, 9.17) is 17.0 Å². The number of hydrogen-bond acceptors (Lipinski definition) is 3. The average Bonchev–Trinajstić information content (AvgIpc) is 2.40. The molecule has 0 fully saturated rings. The first kappa shape index (κ1) is 14.5. The van der Waals surface area contributed by atoms with Gasteiger partial charge < -0.3 is 15.4 Å². The van der Waals surface area contributed by atoms with Gasteiger partial charge in [0.15, 0.2) is 5.11 Å². The number of rotatable bonds is 2. The van der Waals surface area contributed by atoms with Gasteiger partial charge in [-0.3, -0.25) is 0 Å². The van der Waals surface area contributed by atoms with Crippen LogP contribution >= 0.6 is 12.2 Å². The number of aryl methyl sites for hydroxylation is 2. The monoisotopic (exact) mass is 290 g/mol. The third-order valence-electron chi connectivity index (χ3n) is 3.42. The molecule has 0 radical (unpaired) electrons. The Hall–Kier alpha value is -1.88. The van der Waals surface area contributed by atoms with Crippen LogP contribution in [0.4, 0.5) is 0 Å². The molecule has 1 aromatic rings. The van der Waals surface area contributed by atoms with Crippen molar-refractivity contribution in [3.63, 3.8) is 0 Å². The highest BCUT2D eigenvalue weighted by molar-refractivity contribution is 7.80. The number of allylic oxidation sites excluding steroid dienone is 1. The molecule has 1 aliphatic rings. The predicted molar refractivity (Wildman–Crippen MR) is 82.2 cm³/mol. The third-order valence-corrected chi connectivity index (χ3v) is 3.64. The second kappa shape index (κ2) is 5.63. The van der Waals surface area contributed by atoms with E-state index in [-0.39, 0.29) is 12.0 Å². The van der Waals surface area contributed by atoms with Crippen LogP contribution < -0.4 is 10.6 Å². The van der Waals surface area contributed by atoms with Gasteiger partial charge in [0.05, 0.1) is 18.7 Å². The maximum absolute atomic E-state index is 12.1. The minimum Gasteiger partial charge on any atom is -0.466 e. The van der Waals surface area contributed by atoms with Crippen LogP contribution in [0.2, 0.25) is 0 Å². The van der Waals surface area contributed by atoms with Crippen molar-refractivity contribution in [2.24, 2.45) is 0 Å². The molecule has 5 heteroatoms. The van der Waals surface area contributed by atoms with Gasteiger partial charge in [0.2, 0.25) is 0 Å². The van der Waals surface area contributed by atoms with E-state index in [1.54, 1.807) is 0 Å². The summed E-state index contributed by atoms with van der Waals surface area (Å²) in [7, 11) is 1.38. The summed E-state index contributed by atoms with van der Waals surface area (Å²) in [4.78, 5) is 12.1. The first-order valence-corrected chi connectivity index (χ1v) is 6.78. The first-order chi connectivity index (χ1) is 9.43. The molecule has 2 rings (SSSR count). The van der Waals surface area contributed by atoms with E-state index in [0.29, 0.717) is 10.7 Å². The van der Waals surface area contributed by atoms with E-state index < -0.39 is 0 Å². The Balaban J connectivity index is 2.56. The van der Waals surface area contributed by atoms with Crippen LogP contribution in [0.3, 0.4) is 0 Å². The fourth-order valence-corrected chi connectivity index (χ4v) is 2.65. The van der Waals surface area contributed by atoms with Crippen molar-refractivity contribution in [1.29, 1.82) is 0 Å². The Morgan fingerprint density at radius 2 is 2.00 bits per heavy atom. The topological polar surface area (TPSA) is 50.4 Å². The number of carbonyl (C=O) groups excluding carboxylic acids is 1. The molecule has 0 bridgehead atoms. The van der Waals surface area contributed by atoms with Gasteiger partial charge in [-0.1, -0.05) is 23.8 Å². The van der Waals surface area contributed by atoms with Gasteiger partial charge in [-0.15, -0.1) is 0 Å². The smallest absolute Gasteiger partial charge is 0.337 e. The molecule has 1 aliphatic heterocycles. The summed E-state index contributed by atoms with van der Waals surface area (Å²) in [5.41, 5.74) is 4.57. The number of esters is 1. The van der Waals surface area contributed by atoms with Crippen molar-refractivity contribution >= 4 is 23.3 Å². The zero-order chi connectivity index (χ0) is 14.9. The summed E-state index contributed by atoms with van der Waals surface area (Å²) < 4.78 is 4.90. The fraction of sp³-hybridized carbons (Fsp3) is 0.333. The third kappa shape index (κ3) is 2.67. The van der Waals surface area contributed by atoms with Crippen molar-refractivity contribution in [3.8, 4) is 0 Å². The normalized spacial score (nSPS) is 18.4. The molecule has 0 amide bonds. The molecule has 20 heavy (non-hydrogen) atoms. The molecule has 0 spiro atoms. The molecule has 2 N–H and O–H groups in total. The van der Waals surface area contributed by atoms with Gasteiger partial charge in [0, 0.05) is 5.70 Å². The number of nitrogens with one attached hydrogen (secondary N) is 2. The number of benzene rings is 1. The molecule has 0 aromatic heterocycles. The van der Waals surface area contributed by atoms with Crippen molar-refractivity contribution in [3.05, 3.63) is 46.2 Å². The van der Waals surface area contributed by atoms with Crippen LogP contribution in [0.25, 0.3) is 0 Å². The zero-order valence-electron chi connectivity index (χ0n) is 12.0. The van der Waals surface area contributed by atoms with Crippen molar-refractivity contribution in [2.45, 2.75) is 26.8 Å². The van der Waals surface area contributed by atoms with Crippen molar-refractivity contribution in [2.75, 3.05) is 7.11 Å². The molecule has 0 saturated carbocycles. The van der Waals surface area contributed by atoms with Crippen LogP contribution in [0.5, 0.6) is 0 Å². The quantitative estimate of drug-likeness (QED) is 0.646. The van der Waals surface area contributed by atoms with Gasteiger partial charge in [-0.2, -0.15) is 0 Å². The van der Waals surface area contributed by atoms with Gasteiger partial charge in [0.25, 0.3) is 0 Å². The van der Waals surface area contributed by atoms with Crippen molar-refractivity contribution in [1.82, 2.24) is 10.6 Å². The fourth-order valence-electron chi connectivity index (χ4n) is 2.38. The van der Waals surface area contributed by atoms with E-state index >= 15 is 0 Å². The van der Waals surface area contributed by atoms with Crippen LogP contribution in [-0.4, -0.2) is 18.2 Å². The van der Waals surface area contributed by atoms with E-state index in [0.717, 1.165) is 22.4 Å². The average molecular weight is 290 g/mol. The highest BCUT2D eigenvalue weighted by atomic mass is 32.1. The highest BCUT2D eigenvalue weighted by Crippen LogP contribution is 2.30. The number of methoxy groups -OCH3 is 1. The minimum absolute atomic E-state index is 0.281. The standard InChI is InChI=1S/C15H18N2O2S/c1-8-5-6-9(2)11(7-8)13-12(14(18)19-4)10(3)16-15(20)17-13/h5-7,13H,1-4H3,(H2,16,17,20)/t13-/m1/s1. The Morgan fingerprint density at radius 3 is 2.65 bits per heavy atom. The molecular formula is C15H18N2O2S. The Labute approximate surface area is 124 Å². The lowest BCUT2D eigenvalue weighted by Crippen LogP contribution is -2.45. The van der Waals surface area contributed by atoms with E-state index in [2.05, 4.69) is 16.7 Å². The van der Waals surface area contributed by atoms with E-state index in [1.807, 2.05) is 32.9 Å². The Kier molecular flexibility index (Phi) is 4.09. The summed E-state index contributed by atoms with van der Waals surface area (Å²) >= 11 is 5.20. The lowest BCUT2D eigenvalue weighted by atomic mass is 9.91. The van der Waals surface area contributed by atoms with Gasteiger partial charge in [-0.05, 0) is 44.1 Å². The molecular weight excluding hydrogens is 272 g/mol. The maximum Gasteiger partial charge on any atom is 0.337 e. The van der Waals surface area contributed by atoms with Crippen molar-refractivity contribution < 1.29 is 9.53 Å². The number of thiocarbonyl (C=S) groups is 1. The molecule has 106 valence electrons. The molecule has 1 atom stereocenters. The SMILES string of the molecule is COC(=O)C1=C(C)NC(=S)N[C@@H]1c1cc(C)ccc1C. The maximum atomic E-state index is 12.1. The van der Waals surface area contributed by atoms with Crippen LogP contribution in [0.1, 0.15) is 29.7 Å². The van der Waals surface area contributed by atoms with Gasteiger partial charge in [-0.25, -0.2) is 4.79 Å². The number of hydrogen-bond donors (Lipinski definition) is 2. The molecule has 4 nitrogen and oxygen atoms in total. The number of carbonyl (C=O) groups is 1. The second-order valence-corrected chi connectivity index (χ2v) is 5.33. The zero-order valence-corrected chi connectivity index (χ0v) is 12.9. The van der Waals surface area contributed by atoms with Gasteiger partial charge in [0.1, 0.15) is 0 Å². The lowest BCUT2D eigenvalue weighted by molar-refractivity contribution is -0.136. The first-order valence-electron chi connectivity index (χ1n) is 6.37. The Morgan fingerprint density at radius 1 is 1.30 bits per heavy atom. The summed E-state index contributed by atoms with van der Waals surface area (Å²) in [5, 5.41) is 6.65. The van der Waals surface area contributed by atoms with Crippen LogP contribution in [0.15, 0.2) is 29.5 Å². The summed E-state index contributed by atoms with van der Waals surface area (Å²) in [6.45, 7) is 5.88. The van der Waals surface area contributed by atoms with E-state index in [9.17, 15) is 4.79 Å². The molecule has 0 aliphatic carbocycles. The summed E-state index contributed by atoms with van der Waals surface area (Å²) in [6.07, 6.45) is 0. The Bertz CT molecular complexity index is 608. The molecule has 0 saturated heterocycles. The molecule has 1 heterocycles. The molecule has 0 unspecified atom stereocenters. The van der Waals surface area contributed by atoms with Crippen LogP contribution in [0, 0.1) is 13.8 Å². The van der Waals surface area contributed by atoms with Crippen LogP contribution in [-0.2, 0) is 9.53 Å². The second-order valence-electron chi connectivity index (χ2n) is 4.92. The summed E-state index contributed by atoms with van der Waals surface area (Å²) in [6, 6.07) is 5.88. The number of ether oxygens (including phenoxy) is 1. The lowest BCUT2D eigenvalue weighted by Gasteiger charge is -2.30. The predicted octanol–water partition coefficient (Wildman–Crippen LogP) is 2.27.